The number of likely N-dealkylation sites (tertiary alicyclic amines) is 1. The van der Waals surface area contributed by atoms with E-state index in [-0.39, 0.29) is 5.91 Å². The van der Waals surface area contributed by atoms with Crippen LogP contribution in [-0.4, -0.2) is 42.7 Å². The third kappa shape index (κ3) is 3.03. The number of thiol groups is 1. The van der Waals surface area contributed by atoms with Crippen LogP contribution in [0.1, 0.15) is 12.8 Å². The second-order valence-corrected chi connectivity index (χ2v) is 3.74. The molecule has 0 saturated carbocycles. The Morgan fingerprint density at radius 2 is 2.50 bits per heavy atom. The molecule has 1 aliphatic rings. The Hall–Kier alpha value is -0.220. The average molecular weight is 188 g/mol. The minimum atomic E-state index is 0.130. The van der Waals surface area contributed by atoms with Gasteiger partial charge in [0.1, 0.15) is 0 Å². The van der Waals surface area contributed by atoms with Gasteiger partial charge in [0, 0.05) is 19.0 Å². The zero-order valence-electron chi connectivity index (χ0n) is 7.42. The smallest absolute Gasteiger partial charge is 0.221 e. The van der Waals surface area contributed by atoms with E-state index in [4.69, 9.17) is 0 Å². The molecule has 0 aromatic rings. The van der Waals surface area contributed by atoms with Crippen LogP contribution in [0.25, 0.3) is 0 Å². The number of carbonyl (C=O) groups is 1. The van der Waals surface area contributed by atoms with Crippen LogP contribution in [0.4, 0.5) is 0 Å². The SMILES string of the molecule is CN1CCC(NC(=O)CCS)C1. The molecule has 0 radical (unpaired) electrons. The van der Waals surface area contributed by atoms with Crippen LogP contribution < -0.4 is 5.32 Å². The highest BCUT2D eigenvalue weighted by Crippen LogP contribution is 2.05. The maximum absolute atomic E-state index is 11.1. The minimum absolute atomic E-state index is 0.130. The average Bonchev–Trinajstić information content (AvgIpc) is 2.36. The van der Waals surface area contributed by atoms with Gasteiger partial charge in [-0.05, 0) is 25.8 Å². The van der Waals surface area contributed by atoms with Gasteiger partial charge >= 0.3 is 0 Å². The van der Waals surface area contributed by atoms with Crippen molar-refractivity contribution in [3.05, 3.63) is 0 Å². The van der Waals surface area contributed by atoms with Crippen LogP contribution in [0.5, 0.6) is 0 Å². The van der Waals surface area contributed by atoms with Crippen molar-refractivity contribution in [2.75, 3.05) is 25.9 Å². The first kappa shape index (κ1) is 9.86. The van der Waals surface area contributed by atoms with Crippen molar-refractivity contribution in [1.82, 2.24) is 10.2 Å². The van der Waals surface area contributed by atoms with Crippen LogP contribution in [0.3, 0.4) is 0 Å². The van der Waals surface area contributed by atoms with E-state index in [1.165, 1.54) is 0 Å². The summed E-state index contributed by atoms with van der Waals surface area (Å²) in [6, 6.07) is 0.363. The molecule has 70 valence electrons. The van der Waals surface area contributed by atoms with Crippen molar-refractivity contribution >= 4 is 18.5 Å². The largest absolute Gasteiger partial charge is 0.352 e. The summed E-state index contributed by atoms with van der Waals surface area (Å²) >= 11 is 4.00. The Kier molecular flexibility index (Phi) is 3.88. The molecule has 0 bridgehead atoms. The summed E-state index contributed by atoms with van der Waals surface area (Å²) in [6.45, 7) is 2.07. The van der Waals surface area contributed by atoms with Gasteiger partial charge in [-0.25, -0.2) is 0 Å². The number of nitrogens with one attached hydrogen (secondary N) is 1. The van der Waals surface area contributed by atoms with E-state index in [1.54, 1.807) is 0 Å². The van der Waals surface area contributed by atoms with Gasteiger partial charge < -0.3 is 10.2 Å². The number of carbonyl (C=O) groups excluding carboxylic acids is 1. The van der Waals surface area contributed by atoms with E-state index < -0.39 is 0 Å². The summed E-state index contributed by atoms with van der Waals surface area (Å²) in [5.41, 5.74) is 0. The third-order valence-corrected chi connectivity index (χ3v) is 2.32. The topological polar surface area (TPSA) is 32.3 Å². The molecular weight excluding hydrogens is 172 g/mol. The molecule has 1 saturated heterocycles. The highest BCUT2D eigenvalue weighted by atomic mass is 32.1. The molecule has 0 aromatic heterocycles. The highest BCUT2D eigenvalue weighted by molar-refractivity contribution is 7.80. The van der Waals surface area contributed by atoms with Crippen LogP contribution in [0.2, 0.25) is 0 Å². The Labute approximate surface area is 78.9 Å². The van der Waals surface area contributed by atoms with E-state index >= 15 is 0 Å². The summed E-state index contributed by atoms with van der Waals surface area (Å²) in [4.78, 5) is 13.4. The fourth-order valence-electron chi connectivity index (χ4n) is 1.45. The first-order valence-electron chi connectivity index (χ1n) is 4.31. The fraction of sp³-hybridized carbons (Fsp3) is 0.875. The minimum Gasteiger partial charge on any atom is -0.352 e. The molecule has 0 aliphatic carbocycles. The van der Waals surface area contributed by atoms with Gasteiger partial charge in [0.25, 0.3) is 0 Å². The van der Waals surface area contributed by atoms with Gasteiger partial charge in [-0.15, -0.1) is 0 Å². The Balaban J connectivity index is 2.18. The summed E-state index contributed by atoms with van der Waals surface area (Å²) in [7, 11) is 2.07. The van der Waals surface area contributed by atoms with Gasteiger partial charge in [0.15, 0.2) is 0 Å². The number of hydrogen-bond acceptors (Lipinski definition) is 3. The first-order chi connectivity index (χ1) is 5.72. The van der Waals surface area contributed by atoms with Crippen molar-refractivity contribution in [3.63, 3.8) is 0 Å². The Morgan fingerprint density at radius 3 is 3.00 bits per heavy atom. The lowest BCUT2D eigenvalue weighted by molar-refractivity contribution is -0.121. The number of amides is 1. The first-order valence-corrected chi connectivity index (χ1v) is 4.94. The molecule has 1 aliphatic heterocycles. The normalized spacial score (nSPS) is 24.3. The molecule has 1 rings (SSSR count). The van der Waals surface area contributed by atoms with Crippen molar-refractivity contribution in [3.8, 4) is 0 Å². The summed E-state index contributed by atoms with van der Waals surface area (Å²) < 4.78 is 0. The van der Waals surface area contributed by atoms with Crippen LogP contribution in [0, 0.1) is 0 Å². The van der Waals surface area contributed by atoms with Crippen molar-refractivity contribution in [2.24, 2.45) is 0 Å². The molecular formula is C8H16N2OS. The molecule has 3 nitrogen and oxygen atoms in total. The molecule has 0 aromatic carbocycles. The molecule has 1 amide bonds. The maximum Gasteiger partial charge on any atom is 0.221 e. The quantitative estimate of drug-likeness (QED) is 0.617. The lowest BCUT2D eigenvalue weighted by atomic mass is 10.2. The maximum atomic E-state index is 11.1. The summed E-state index contributed by atoms with van der Waals surface area (Å²) in [6.07, 6.45) is 1.61. The number of nitrogens with zero attached hydrogens (tertiary/aromatic N) is 1. The van der Waals surface area contributed by atoms with Crippen molar-refractivity contribution in [1.29, 1.82) is 0 Å². The lowest BCUT2D eigenvalue weighted by Gasteiger charge is -2.11. The third-order valence-electron chi connectivity index (χ3n) is 2.10. The van der Waals surface area contributed by atoms with Crippen LogP contribution in [0.15, 0.2) is 0 Å². The zero-order valence-corrected chi connectivity index (χ0v) is 8.31. The predicted octanol–water partition coefficient (Wildman–Crippen LogP) is 0.127. The Bertz CT molecular complexity index is 163. The molecule has 1 heterocycles. The molecule has 12 heavy (non-hydrogen) atoms. The van der Waals surface area contributed by atoms with Crippen molar-refractivity contribution < 1.29 is 4.79 Å². The molecule has 1 unspecified atom stereocenters. The number of likely N-dealkylation sites (N-methyl/N-ethyl adjacent to an activating group) is 1. The molecule has 4 heteroatoms. The second kappa shape index (κ2) is 4.72. The number of hydrogen-bond donors (Lipinski definition) is 2. The van der Waals surface area contributed by atoms with Gasteiger partial charge in [-0.1, -0.05) is 0 Å². The van der Waals surface area contributed by atoms with Crippen molar-refractivity contribution in [2.45, 2.75) is 18.9 Å². The molecule has 1 fully saturated rings. The lowest BCUT2D eigenvalue weighted by Crippen LogP contribution is -2.36. The van der Waals surface area contributed by atoms with Gasteiger partial charge in [-0.3, -0.25) is 4.79 Å². The molecule has 0 spiro atoms. The number of rotatable bonds is 3. The summed E-state index contributed by atoms with van der Waals surface area (Å²) in [5.74, 6) is 0.763. The van der Waals surface area contributed by atoms with Gasteiger partial charge in [0.05, 0.1) is 0 Å². The van der Waals surface area contributed by atoms with Gasteiger partial charge in [0.2, 0.25) is 5.91 Å². The Morgan fingerprint density at radius 1 is 1.75 bits per heavy atom. The van der Waals surface area contributed by atoms with Gasteiger partial charge in [-0.2, -0.15) is 12.6 Å². The standard InChI is InChI=1S/C8H16N2OS/c1-10-4-2-7(6-10)9-8(11)3-5-12/h7,12H,2-6H2,1H3,(H,9,11). The fourth-order valence-corrected chi connectivity index (χ4v) is 1.66. The van der Waals surface area contributed by atoms with E-state index in [2.05, 4.69) is 29.9 Å². The summed E-state index contributed by atoms with van der Waals surface area (Å²) in [5, 5.41) is 2.98. The molecule has 1 atom stereocenters. The highest BCUT2D eigenvalue weighted by Gasteiger charge is 2.20. The van der Waals surface area contributed by atoms with E-state index in [9.17, 15) is 4.79 Å². The monoisotopic (exact) mass is 188 g/mol. The molecule has 1 N–H and O–H groups in total. The van der Waals surface area contributed by atoms with Crippen LogP contribution in [-0.2, 0) is 4.79 Å². The van der Waals surface area contributed by atoms with E-state index in [0.29, 0.717) is 18.2 Å². The van der Waals surface area contributed by atoms with E-state index in [0.717, 1.165) is 19.5 Å². The predicted molar refractivity (Wildman–Crippen MR) is 52.5 cm³/mol. The second-order valence-electron chi connectivity index (χ2n) is 3.29. The zero-order chi connectivity index (χ0) is 8.97. The van der Waals surface area contributed by atoms with E-state index in [1.807, 2.05) is 0 Å². The van der Waals surface area contributed by atoms with Crippen LogP contribution >= 0.6 is 12.6 Å².